The summed E-state index contributed by atoms with van der Waals surface area (Å²) in [6.45, 7) is 2.55. The van der Waals surface area contributed by atoms with Gasteiger partial charge in [0.2, 0.25) is 15.9 Å². The van der Waals surface area contributed by atoms with E-state index in [1.54, 1.807) is 23.1 Å². The van der Waals surface area contributed by atoms with Crippen LogP contribution < -0.4 is 9.62 Å². The third-order valence-electron chi connectivity index (χ3n) is 4.35. The molecule has 0 aliphatic carbocycles. The molecule has 1 heterocycles. The Bertz CT molecular complexity index is 911. The van der Waals surface area contributed by atoms with Crippen molar-refractivity contribution in [2.24, 2.45) is 0 Å². The molecule has 0 bridgehead atoms. The quantitative estimate of drug-likeness (QED) is 0.867. The number of rotatable bonds is 5. The topological polar surface area (TPSA) is 66.5 Å². The summed E-state index contributed by atoms with van der Waals surface area (Å²) < 4.78 is 40.1. The molecule has 1 amide bonds. The standard InChI is InChI=1S/C19H21FN2O3S/c1-14-12-17(9-10-18(14)22-11-3-2-4-19(22)23)21-26(24,25)13-15-5-7-16(20)8-6-15/h5-10,12,21H,2-4,11,13H2,1H3. The summed E-state index contributed by atoms with van der Waals surface area (Å²) in [5, 5.41) is 0. The van der Waals surface area contributed by atoms with Crippen molar-refractivity contribution in [3.8, 4) is 0 Å². The van der Waals surface area contributed by atoms with Crippen LogP contribution in [-0.4, -0.2) is 20.9 Å². The van der Waals surface area contributed by atoms with Gasteiger partial charge >= 0.3 is 0 Å². The molecule has 3 rings (SSSR count). The maximum absolute atomic E-state index is 12.9. The minimum absolute atomic E-state index is 0.101. The zero-order chi connectivity index (χ0) is 18.7. The number of anilines is 2. The summed E-state index contributed by atoms with van der Waals surface area (Å²) in [5.41, 5.74) is 2.60. The molecule has 7 heteroatoms. The lowest BCUT2D eigenvalue weighted by molar-refractivity contribution is -0.119. The fourth-order valence-corrected chi connectivity index (χ4v) is 4.29. The summed E-state index contributed by atoms with van der Waals surface area (Å²) in [7, 11) is -3.62. The summed E-state index contributed by atoms with van der Waals surface area (Å²) >= 11 is 0. The van der Waals surface area contributed by atoms with E-state index in [9.17, 15) is 17.6 Å². The molecule has 1 saturated heterocycles. The normalized spacial score (nSPS) is 15.2. The Morgan fingerprint density at radius 3 is 2.50 bits per heavy atom. The Kier molecular flexibility index (Phi) is 5.27. The molecule has 2 aromatic carbocycles. The first kappa shape index (κ1) is 18.4. The number of nitrogens with one attached hydrogen (secondary N) is 1. The van der Waals surface area contributed by atoms with Gasteiger partial charge in [0, 0.05) is 24.3 Å². The third kappa shape index (κ3) is 4.40. The van der Waals surface area contributed by atoms with Crippen LogP contribution >= 0.6 is 0 Å². The third-order valence-corrected chi connectivity index (χ3v) is 5.61. The van der Waals surface area contributed by atoms with E-state index in [2.05, 4.69) is 4.72 Å². The van der Waals surface area contributed by atoms with E-state index in [0.29, 0.717) is 24.2 Å². The Hall–Kier alpha value is -2.41. The number of benzene rings is 2. The maximum Gasteiger partial charge on any atom is 0.236 e. The van der Waals surface area contributed by atoms with Gasteiger partial charge in [-0.15, -0.1) is 0 Å². The van der Waals surface area contributed by atoms with E-state index in [4.69, 9.17) is 0 Å². The summed E-state index contributed by atoms with van der Waals surface area (Å²) in [5.74, 6) is -0.542. The number of carbonyl (C=O) groups is 1. The Morgan fingerprint density at radius 2 is 1.85 bits per heavy atom. The van der Waals surface area contributed by atoms with Crippen LogP contribution in [0.3, 0.4) is 0 Å². The van der Waals surface area contributed by atoms with Crippen molar-refractivity contribution in [3.63, 3.8) is 0 Å². The van der Waals surface area contributed by atoms with E-state index in [1.807, 2.05) is 6.92 Å². The van der Waals surface area contributed by atoms with Gasteiger partial charge in [-0.25, -0.2) is 12.8 Å². The number of nitrogens with zero attached hydrogens (tertiary/aromatic N) is 1. The van der Waals surface area contributed by atoms with Gasteiger partial charge in [-0.05, 0) is 61.2 Å². The lowest BCUT2D eigenvalue weighted by atomic mass is 10.1. The molecule has 1 N–H and O–H groups in total. The van der Waals surface area contributed by atoms with Gasteiger partial charge in [0.25, 0.3) is 0 Å². The summed E-state index contributed by atoms with van der Waals surface area (Å²) in [6, 6.07) is 10.5. The van der Waals surface area contributed by atoms with Crippen molar-refractivity contribution in [2.75, 3.05) is 16.2 Å². The predicted octanol–water partition coefficient (Wildman–Crippen LogP) is 3.59. The molecule has 138 valence electrons. The van der Waals surface area contributed by atoms with Crippen molar-refractivity contribution in [3.05, 3.63) is 59.4 Å². The lowest BCUT2D eigenvalue weighted by Gasteiger charge is -2.28. The molecule has 5 nitrogen and oxygen atoms in total. The Labute approximate surface area is 152 Å². The first-order valence-corrected chi connectivity index (χ1v) is 10.2. The molecule has 26 heavy (non-hydrogen) atoms. The van der Waals surface area contributed by atoms with Gasteiger partial charge in [0.15, 0.2) is 0 Å². The Balaban J connectivity index is 1.74. The highest BCUT2D eigenvalue weighted by atomic mass is 32.2. The highest BCUT2D eigenvalue weighted by Crippen LogP contribution is 2.27. The van der Waals surface area contributed by atoms with Crippen LogP contribution in [0.2, 0.25) is 0 Å². The van der Waals surface area contributed by atoms with Gasteiger partial charge in [0.05, 0.1) is 5.75 Å². The van der Waals surface area contributed by atoms with E-state index in [1.165, 1.54) is 24.3 Å². The van der Waals surface area contributed by atoms with Crippen molar-refractivity contribution in [2.45, 2.75) is 31.9 Å². The number of hydrogen-bond acceptors (Lipinski definition) is 3. The second kappa shape index (κ2) is 7.45. The molecule has 0 aromatic heterocycles. The number of halogens is 1. The highest BCUT2D eigenvalue weighted by molar-refractivity contribution is 7.91. The molecule has 0 saturated carbocycles. The molecule has 1 fully saturated rings. The van der Waals surface area contributed by atoms with Crippen LogP contribution in [0.25, 0.3) is 0 Å². The smallest absolute Gasteiger partial charge is 0.236 e. The van der Waals surface area contributed by atoms with E-state index in [-0.39, 0.29) is 11.7 Å². The van der Waals surface area contributed by atoms with Crippen molar-refractivity contribution in [1.82, 2.24) is 0 Å². The number of hydrogen-bond donors (Lipinski definition) is 1. The zero-order valence-corrected chi connectivity index (χ0v) is 15.4. The highest BCUT2D eigenvalue weighted by Gasteiger charge is 2.21. The van der Waals surface area contributed by atoms with Crippen molar-refractivity contribution >= 4 is 27.3 Å². The van der Waals surface area contributed by atoms with Gasteiger partial charge in [-0.2, -0.15) is 0 Å². The van der Waals surface area contributed by atoms with Gasteiger partial charge in [0.1, 0.15) is 5.82 Å². The first-order valence-electron chi connectivity index (χ1n) is 8.50. The minimum atomic E-state index is -3.62. The maximum atomic E-state index is 12.9. The van der Waals surface area contributed by atoms with Crippen LogP contribution in [0.15, 0.2) is 42.5 Å². The monoisotopic (exact) mass is 376 g/mol. The summed E-state index contributed by atoms with van der Waals surface area (Å²) in [6.07, 6.45) is 2.43. The second-order valence-corrected chi connectivity index (χ2v) is 8.21. The second-order valence-electron chi connectivity index (χ2n) is 6.49. The van der Waals surface area contributed by atoms with Crippen molar-refractivity contribution in [1.29, 1.82) is 0 Å². The lowest BCUT2D eigenvalue weighted by Crippen LogP contribution is -2.35. The largest absolute Gasteiger partial charge is 0.312 e. The molecule has 0 spiro atoms. The van der Waals surface area contributed by atoms with Crippen molar-refractivity contribution < 1.29 is 17.6 Å². The molecule has 1 aliphatic rings. The van der Waals surface area contributed by atoms with Gasteiger partial charge in [-0.1, -0.05) is 12.1 Å². The number of amides is 1. The van der Waals surface area contributed by atoms with Crippen LogP contribution in [0.5, 0.6) is 0 Å². The van der Waals surface area contributed by atoms with Crippen LogP contribution in [0.1, 0.15) is 30.4 Å². The fourth-order valence-electron chi connectivity index (χ4n) is 3.10. The van der Waals surface area contributed by atoms with E-state index in [0.717, 1.165) is 24.1 Å². The molecule has 0 unspecified atom stereocenters. The number of piperidine rings is 1. The van der Waals surface area contributed by atoms with Gasteiger partial charge in [-0.3, -0.25) is 9.52 Å². The molecule has 0 atom stereocenters. The fraction of sp³-hybridized carbons (Fsp3) is 0.316. The van der Waals surface area contributed by atoms with Crippen LogP contribution in [0, 0.1) is 12.7 Å². The zero-order valence-electron chi connectivity index (χ0n) is 14.5. The van der Waals surface area contributed by atoms with E-state index >= 15 is 0 Å². The first-order chi connectivity index (χ1) is 12.3. The molecule has 2 aromatic rings. The summed E-state index contributed by atoms with van der Waals surface area (Å²) in [4.78, 5) is 13.8. The number of carbonyl (C=O) groups excluding carboxylic acids is 1. The molecular weight excluding hydrogens is 355 g/mol. The number of sulfonamides is 1. The van der Waals surface area contributed by atoms with E-state index < -0.39 is 15.8 Å². The minimum Gasteiger partial charge on any atom is -0.312 e. The Morgan fingerprint density at radius 1 is 1.12 bits per heavy atom. The number of aryl methyl sites for hydroxylation is 1. The molecule has 0 radical (unpaired) electrons. The average molecular weight is 376 g/mol. The predicted molar refractivity (Wildman–Crippen MR) is 100 cm³/mol. The molecule has 1 aliphatic heterocycles. The average Bonchev–Trinajstić information content (AvgIpc) is 2.57. The SMILES string of the molecule is Cc1cc(NS(=O)(=O)Cc2ccc(F)cc2)ccc1N1CCCCC1=O. The van der Waals surface area contributed by atoms with Crippen LogP contribution in [0.4, 0.5) is 15.8 Å². The molecular formula is C19H21FN2O3S. The van der Waals surface area contributed by atoms with Crippen LogP contribution in [-0.2, 0) is 20.6 Å². The van der Waals surface area contributed by atoms with Gasteiger partial charge < -0.3 is 4.90 Å².